The van der Waals surface area contributed by atoms with Gasteiger partial charge in [-0.15, -0.1) is 0 Å². The Morgan fingerprint density at radius 2 is 1.04 bits per heavy atom. The molecule has 0 rings (SSSR count). The maximum atomic E-state index is 10.6. The molecule has 0 amide bonds. The van der Waals surface area contributed by atoms with Crippen molar-refractivity contribution in [1.29, 1.82) is 0 Å². The van der Waals surface area contributed by atoms with E-state index in [9.17, 15) is 19.2 Å². The van der Waals surface area contributed by atoms with Gasteiger partial charge in [-0.1, -0.05) is 13.2 Å². The van der Waals surface area contributed by atoms with E-state index < -0.39 is 23.9 Å². The summed E-state index contributed by atoms with van der Waals surface area (Å²) in [6.45, 7) is 9.48. The molecule has 0 spiro atoms. The average Bonchev–Trinajstić information content (AvgIpc) is 2.38. The van der Waals surface area contributed by atoms with Crippen LogP contribution in [0.5, 0.6) is 0 Å². The first-order chi connectivity index (χ1) is 10.1. The fourth-order valence-corrected chi connectivity index (χ4v) is 0.708. The van der Waals surface area contributed by atoms with Crippen molar-refractivity contribution in [3.63, 3.8) is 0 Å². The van der Waals surface area contributed by atoms with E-state index >= 15 is 0 Å². The summed E-state index contributed by atoms with van der Waals surface area (Å²) in [5.74, 6) is -3.07. The SMILES string of the molecule is C=C(C)C(=O)OCCC(=O)O.C=C(C)C(=O)OCCC(=O)O.[Zn]. The summed E-state index contributed by atoms with van der Waals surface area (Å²) in [5.41, 5.74) is 0.547. The van der Waals surface area contributed by atoms with E-state index in [2.05, 4.69) is 22.6 Å². The van der Waals surface area contributed by atoms with Gasteiger partial charge in [0, 0.05) is 30.6 Å². The van der Waals surface area contributed by atoms with E-state index in [1.54, 1.807) is 0 Å². The molecule has 2 N–H and O–H groups in total. The fraction of sp³-hybridized carbons (Fsp3) is 0.429. The molecule has 23 heavy (non-hydrogen) atoms. The summed E-state index contributed by atoms with van der Waals surface area (Å²) in [4.78, 5) is 41.1. The largest absolute Gasteiger partial charge is 0.481 e. The Balaban J connectivity index is -0.000000333. The zero-order valence-electron chi connectivity index (χ0n) is 13.3. The van der Waals surface area contributed by atoms with Gasteiger partial charge < -0.3 is 19.7 Å². The van der Waals surface area contributed by atoms with E-state index in [-0.39, 0.29) is 56.7 Å². The molecule has 0 aromatic rings. The first-order valence-electron chi connectivity index (χ1n) is 6.16. The van der Waals surface area contributed by atoms with Crippen molar-refractivity contribution in [3.05, 3.63) is 24.3 Å². The maximum absolute atomic E-state index is 10.6. The molecule has 0 saturated heterocycles. The standard InChI is InChI=1S/2C7H10O4.Zn/c2*1-5(2)7(10)11-4-3-6(8)9;/h2*1,3-4H2,2H3,(H,8,9);. The van der Waals surface area contributed by atoms with Gasteiger partial charge in [-0.2, -0.15) is 0 Å². The van der Waals surface area contributed by atoms with Gasteiger partial charge in [0.2, 0.25) is 0 Å². The first-order valence-corrected chi connectivity index (χ1v) is 6.16. The molecular formula is C14H20O8Zn. The van der Waals surface area contributed by atoms with Crippen molar-refractivity contribution in [1.82, 2.24) is 0 Å². The van der Waals surface area contributed by atoms with Gasteiger partial charge in [-0.3, -0.25) is 9.59 Å². The number of rotatable bonds is 8. The summed E-state index contributed by atoms with van der Waals surface area (Å²) < 4.78 is 8.99. The number of carboxylic acids is 2. The summed E-state index contributed by atoms with van der Waals surface area (Å²) in [6.07, 6.45) is -0.335. The molecule has 0 aromatic carbocycles. The zero-order valence-corrected chi connectivity index (χ0v) is 16.3. The minimum absolute atomic E-state index is 0. The molecule has 0 aliphatic rings. The molecule has 0 aliphatic heterocycles. The van der Waals surface area contributed by atoms with Crippen LogP contribution in [-0.4, -0.2) is 47.3 Å². The summed E-state index contributed by atoms with van der Waals surface area (Å²) in [6, 6.07) is 0. The molecule has 0 aliphatic carbocycles. The predicted molar refractivity (Wildman–Crippen MR) is 76.1 cm³/mol. The number of hydrogen-bond acceptors (Lipinski definition) is 6. The normalized spacial score (nSPS) is 8.43. The van der Waals surface area contributed by atoms with Crippen LogP contribution in [0.4, 0.5) is 0 Å². The van der Waals surface area contributed by atoms with Crippen molar-refractivity contribution in [2.75, 3.05) is 13.2 Å². The molecule has 0 heterocycles. The van der Waals surface area contributed by atoms with Gasteiger partial charge >= 0.3 is 23.9 Å². The minimum Gasteiger partial charge on any atom is -0.481 e. The number of carbonyl (C=O) groups is 4. The zero-order chi connectivity index (χ0) is 17.7. The number of carboxylic acid groups (broad SMARTS) is 2. The van der Waals surface area contributed by atoms with Crippen LogP contribution in [0.1, 0.15) is 26.7 Å². The van der Waals surface area contributed by atoms with Gasteiger partial charge in [-0.05, 0) is 13.8 Å². The van der Waals surface area contributed by atoms with Crippen molar-refractivity contribution in [2.24, 2.45) is 0 Å². The Kier molecular flexibility index (Phi) is 16.8. The second-order valence-electron chi connectivity index (χ2n) is 4.12. The van der Waals surface area contributed by atoms with Crippen molar-refractivity contribution in [3.8, 4) is 0 Å². The third-order valence-electron chi connectivity index (χ3n) is 1.80. The number of carbonyl (C=O) groups excluding carboxylic acids is 2. The van der Waals surface area contributed by atoms with E-state index in [4.69, 9.17) is 10.2 Å². The van der Waals surface area contributed by atoms with Crippen LogP contribution < -0.4 is 0 Å². The molecular weight excluding hydrogens is 362 g/mol. The predicted octanol–water partition coefficient (Wildman–Crippen LogP) is 1.16. The molecule has 0 atom stereocenters. The smallest absolute Gasteiger partial charge is 0.333 e. The third kappa shape index (κ3) is 20.0. The molecule has 0 fully saturated rings. The van der Waals surface area contributed by atoms with E-state index in [1.807, 2.05) is 0 Å². The van der Waals surface area contributed by atoms with E-state index in [0.29, 0.717) is 0 Å². The second-order valence-corrected chi connectivity index (χ2v) is 4.12. The molecule has 0 saturated carbocycles. The van der Waals surface area contributed by atoms with Crippen LogP contribution in [0.3, 0.4) is 0 Å². The van der Waals surface area contributed by atoms with Crippen molar-refractivity contribution < 1.29 is 58.3 Å². The number of aliphatic carboxylic acids is 2. The topological polar surface area (TPSA) is 127 Å². The quantitative estimate of drug-likeness (QED) is 0.364. The van der Waals surface area contributed by atoms with Crippen LogP contribution in [0.15, 0.2) is 24.3 Å². The van der Waals surface area contributed by atoms with E-state index in [1.165, 1.54) is 13.8 Å². The molecule has 0 aromatic heterocycles. The van der Waals surface area contributed by atoms with Gasteiger partial charge in [0.15, 0.2) is 0 Å². The maximum Gasteiger partial charge on any atom is 0.333 e. The minimum atomic E-state index is -0.987. The fourth-order valence-electron chi connectivity index (χ4n) is 0.708. The Hall–Kier alpha value is -2.02. The van der Waals surface area contributed by atoms with Crippen LogP contribution >= 0.6 is 0 Å². The van der Waals surface area contributed by atoms with Crippen molar-refractivity contribution >= 4 is 23.9 Å². The molecule has 9 heteroatoms. The van der Waals surface area contributed by atoms with Gasteiger partial charge in [-0.25, -0.2) is 9.59 Å². The molecule has 126 valence electrons. The molecule has 0 bridgehead atoms. The third-order valence-corrected chi connectivity index (χ3v) is 1.80. The first kappa shape index (κ1) is 25.9. The summed E-state index contributed by atoms with van der Waals surface area (Å²) >= 11 is 0. The summed E-state index contributed by atoms with van der Waals surface area (Å²) in [5, 5.41) is 16.3. The molecule has 0 radical (unpaired) electrons. The number of ether oxygens (including phenoxy) is 2. The molecule has 8 nitrogen and oxygen atoms in total. The van der Waals surface area contributed by atoms with Crippen molar-refractivity contribution in [2.45, 2.75) is 26.7 Å². The Labute approximate surface area is 146 Å². The monoisotopic (exact) mass is 380 g/mol. The van der Waals surface area contributed by atoms with Crippen LogP contribution in [-0.2, 0) is 48.1 Å². The Bertz CT molecular complexity index is 414. The van der Waals surface area contributed by atoms with Crippen LogP contribution in [0.25, 0.3) is 0 Å². The van der Waals surface area contributed by atoms with Gasteiger partial charge in [0.25, 0.3) is 0 Å². The van der Waals surface area contributed by atoms with Gasteiger partial charge in [0.1, 0.15) is 13.2 Å². The second kappa shape index (κ2) is 14.9. The Morgan fingerprint density at radius 1 is 0.783 bits per heavy atom. The van der Waals surface area contributed by atoms with Gasteiger partial charge in [0.05, 0.1) is 12.8 Å². The number of hydrogen-bond donors (Lipinski definition) is 2. The van der Waals surface area contributed by atoms with E-state index in [0.717, 1.165) is 0 Å². The molecule has 0 unspecified atom stereocenters. The van der Waals surface area contributed by atoms with Crippen LogP contribution in [0.2, 0.25) is 0 Å². The van der Waals surface area contributed by atoms with Crippen LogP contribution in [0, 0.1) is 0 Å². The Morgan fingerprint density at radius 3 is 1.22 bits per heavy atom. The average molecular weight is 382 g/mol. The number of esters is 2. The summed E-state index contributed by atoms with van der Waals surface area (Å²) in [7, 11) is 0.